The summed E-state index contributed by atoms with van der Waals surface area (Å²) in [5, 5.41) is 12.8. The number of nitrogens with zero attached hydrogens (tertiary/aromatic N) is 6. The second-order valence-corrected chi connectivity index (χ2v) is 10.6. The van der Waals surface area contributed by atoms with Gasteiger partial charge in [-0.05, 0) is 50.8 Å². The Kier molecular flexibility index (Phi) is 6.88. The quantitative estimate of drug-likeness (QED) is 0.481. The summed E-state index contributed by atoms with van der Waals surface area (Å²) in [6.45, 7) is 3.82. The number of aryl methyl sites for hydroxylation is 1. The number of hydrogen-bond donors (Lipinski definition) is 1. The molecule has 1 atom stereocenters. The zero-order chi connectivity index (χ0) is 28.8. The highest BCUT2D eigenvalue weighted by molar-refractivity contribution is 5.96. The molecule has 2 fully saturated rings. The Morgan fingerprint density at radius 2 is 1.78 bits per heavy atom. The maximum Gasteiger partial charge on any atom is 0.341 e. The second kappa shape index (κ2) is 10.5. The van der Waals surface area contributed by atoms with E-state index in [4.69, 9.17) is 4.74 Å². The topological polar surface area (TPSA) is 105 Å². The first-order valence-corrected chi connectivity index (χ1v) is 13.4. The van der Waals surface area contributed by atoms with Crippen LogP contribution in [-0.2, 0) is 0 Å². The molecule has 6 rings (SSSR count). The number of halogens is 3. The standard InChI is InChI=1S/C28H28F3N7O3/c1-15-26(27(39)34-20-4-3-5-20)16(2)37(35-15)25-11-24(22(31)12-32-25)41-21-13-36(14-21)28(40)38-23(6-7-33-38)17-8-18(29)10-19(30)9-17/h7-12,20-21,23H,3-6,13-14H2,1-2H3,(H,34,39). The molecule has 1 aromatic carbocycles. The van der Waals surface area contributed by atoms with E-state index in [1.807, 2.05) is 0 Å². The largest absolute Gasteiger partial charge is 0.483 e. The number of nitrogens with one attached hydrogen (secondary N) is 1. The molecule has 214 valence electrons. The van der Waals surface area contributed by atoms with Crippen molar-refractivity contribution in [2.75, 3.05) is 13.1 Å². The summed E-state index contributed by atoms with van der Waals surface area (Å²) < 4.78 is 49.5. The number of pyridine rings is 1. The minimum atomic E-state index is -0.732. The molecule has 13 heteroatoms. The van der Waals surface area contributed by atoms with Crippen LogP contribution in [0.25, 0.3) is 5.82 Å². The molecule has 1 unspecified atom stereocenters. The third kappa shape index (κ3) is 5.11. The smallest absolute Gasteiger partial charge is 0.341 e. The highest BCUT2D eigenvalue weighted by atomic mass is 19.1. The van der Waals surface area contributed by atoms with Crippen molar-refractivity contribution in [2.45, 2.75) is 57.7 Å². The molecule has 41 heavy (non-hydrogen) atoms. The molecule has 0 spiro atoms. The molecule has 10 nitrogen and oxygen atoms in total. The Morgan fingerprint density at radius 3 is 2.46 bits per heavy atom. The van der Waals surface area contributed by atoms with Crippen molar-refractivity contribution in [3.8, 4) is 11.6 Å². The Morgan fingerprint density at radius 1 is 1.05 bits per heavy atom. The maximum absolute atomic E-state index is 14.7. The molecule has 1 saturated carbocycles. The van der Waals surface area contributed by atoms with Crippen LogP contribution in [0.2, 0.25) is 0 Å². The normalized spacial score (nSPS) is 18.8. The van der Waals surface area contributed by atoms with Crippen LogP contribution in [0.4, 0.5) is 18.0 Å². The summed E-state index contributed by atoms with van der Waals surface area (Å²) in [5.74, 6) is -2.12. The molecule has 1 N–H and O–H groups in total. The van der Waals surface area contributed by atoms with Crippen LogP contribution in [-0.4, -0.2) is 68.1 Å². The molecular formula is C28H28F3N7O3. The molecule has 2 aliphatic heterocycles. The zero-order valence-corrected chi connectivity index (χ0v) is 22.5. The van der Waals surface area contributed by atoms with E-state index in [0.717, 1.165) is 31.5 Å². The van der Waals surface area contributed by atoms with Gasteiger partial charge >= 0.3 is 6.03 Å². The van der Waals surface area contributed by atoms with Gasteiger partial charge in [0.15, 0.2) is 17.4 Å². The van der Waals surface area contributed by atoms with Crippen molar-refractivity contribution in [1.82, 2.24) is 30.0 Å². The third-order valence-electron chi connectivity index (χ3n) is 7.69. The van der Waals surface area contributed by atoms with Crippen molar-refractivity contribution in [1.29, 1.82) is 0 Å². The third-order valence-corrected chi connectivity index (χ3v) is 7.69. The summed E-state index contributed by atoms with van der Waals surface area (Å²) >= 11 is 0. The fraction of sp³-hybridized carbons (Fsp3) is 0.393. The van der Waals surface area contributed by atoms with Gasteiger partial charge in [-0.2, -0.15) is 10.2 Å². The predicted octanol–water partition coefficient (Wildman–Crippen LogP) is 4.20. The van der Waals surface area contributed by atoms with Crippen LogP contribution in [0.3, 0.4) is 0 Å². The molecule has 2 aromatic heterocycles. The number of carbonyl (C=O) groups is 2. The van der Waals surface area contributed by atoms with Gasteiger partial charge in [-0.15, -0.1) is 0 Å². The summed E-state index contributed by atoms with van der Waals surface area (Å²) in [4.78, 5) is 31.5. The van der Waals surface area contributed by atoms with Gasteiger partial charge in [0.25, 0.3) is 5.91 Å². The lowest BCUT2D eigenvalue weighted by molar-refractivity contribution is 0.0256. The number of carbonyl (C=O) groups excluding carboxylic acids is 2. The fourth-order valence-electron chi connectivity index (χ4n) is 5.26. The molecule has 1 saturated heterocycles. The minimum absolute atomic E-state index is 0.0626. The van der Waals surface area contributed by atoms with Crippen molar-refractivity contribution in [2.24, 2.45) is 5.10 Å². The van der Waals surface area contributed by atoms with Crippen molar-refractivity contribution in [3.63, 3.8) is 0 Å². The lowest BCUT2D eigenvalue weighted by atomic mass is 9.93. The Balaban J connectivity index is 1.12. The molecule has 0 bridgehead atoms. The van der Waals surface area contributed by atoms with Crippen molar-refractivity contribution >= 4 is 18.2 Å². The van der Waals surface area contributed by atoms with Crippen molar-refractivity contribution in [3.05, 3.63) is 70.4 Å². The van der Waals surface area contributed by atoms with E-state index >= 15 is 0 Å². The van der Waals surface area contributed by atoms with E-state index in [1.54, 1.807) is 13.8 Å². The number of rotatable bonds is 6. The molecular weight excluding hydrogens is 539 g/mol. The Bertz CT molecular complexity index is 1530. The van der Waals surface area contributed by atoms with Gasteiger partial charge in [0.2, 0.25) is 0 Å². The summed E-state index contributed by atoms with van der Waals surface area (Å²) in [5.41, 5.74) is 1.87. The van der Waals surface area contributed by atoms with Gasteiger partial charge in [0.05, 0.1) is 42.3 Å². The zero-order valence-electron chi connectivity index (χ0n) is 22.5. The highest BCUT2D eigenvalue weighted by Crippen LogP contribution is 2.32. The summed E-state index contributed by atoms with van der Waals surface area (Å²) in [6, 6.07) is 3.64. The van der Waals surface area contributed by atoms with E-state index < -0.39 is 35.6 Å². The first kappa shape index (κ1) is 26.8. The van der Waals surface area contributed by atoms with E-state index in [1.165, 1.54) is 39.0 Å². The number of ether oxygens (including phenoxy) is 1. The van der Waals surface area contributed by atoms with E-state index in [-0.39, 0.29) is 36.6 Å². The van der Waals surface area contributed by atoms with E-state index in [0.29, 0.717) is 28.9 Å². The first-order chi connectivity index (χ1) is 19.7. The molecule has 3 aliphatic rings. The Labute approximate surface area is 233 Å². The average Bonchev–Trinajstić information content (AvgIpc) is 3.48. The number of likely N-dealkylation sites (tertiary alicyclic amines) is 1. The summed E-state index contributed by atoms with van der Waals surface area (Å²) in [7, 11) is 0. The second-order valence-electron chi connectivity index (χ2n) is 10.6. The van der Waals surface area contributed by atoms with Gasteiger partial charge in [-0.3, -0.25) is 4.79 Å². The van der Waals surface area contributed by atoms with E-state index in [2.05, 4.69) is 20.5 Å². The van der Waals surface area contributed by atoms with E-state index in [9.17, 15) is 22.8 Å². The molecule has 4 heterocycles. The lowest BCUT2D eigenvalue weighted by Gasteiger charge is -2.41. The van der Waals surface area contributed by atoms with Crippen LogP contribution in [0.5, 0.6) is 5.75 Å². The number of benzene rings is 1. The number of amides is 3. The Hall–Kier alpha value is -4.42. The molecule has 0 radical (unpaired) electrons. The monoisotopic (exact) mass is 567 g/mol. The van der Waals surface area contributed by atoms with Crippen LogP contribution in [0, 0.1) is 31.3 Å². The average molecular weight is 568 g/mol. The number of urea groups is 1. The van der Waals surface area contributed by atoms with Gasteiger partial charge in [0.1, 0.15) is 17.7 Å². The lowest BCUT2D eigenvalue weighted by Crippen LogP contribution is -2.58. The molecule has 1 aliphatic carbocycles. The van der Waals surface area contributed by atoms with Gasteiger partial charge in [-0.25, -0.2) is 32.6 Å². The van der Waals surface area contributed by atoms with Crippen molar-refractivity contribution < 1.29 is 27.5 Å². The number of hydrazone groups is 1. The first-order valence-electron chi connectivity index (χ1n) is 13.4. The maximum atomic E-state index is 14.7. The van der Waals surface area contributed by atoms with Gasteiger partial charge < -0.3 is 15.0 Å². The number of aromatic nitrogens is 3. The van der Waals surface area contributed by atoms with Crippen LogP contribution >= 0.6 is 0 Å². The molecule has 3 aromatic rings. The fourth-order valence-corrected chi connectivity index (χ4v) is 5.26. The predicted molar refractivity (Wildman–Crippen MR) is 141 cm³/mol. The van der Waals surface area contributed by atoms with Crippen LogP contribution in [0.1, 0.15) is 59.0 Å². The number of hydrogen-bond acceptors (Lipinski definition) is 6. The SMILES string of the molecule is Cc1nn(-c2cc(OC3CN(C(=O)N4N=CCC4c4cc(F)cc(F)c4)C3)c(F)cn2)c(C)c1C(=O)NC1CCC1. The minimum Gasteiger partial charge on any atom is -0.483 e. The van der Waals surface area contributed by atoms with Gasteiger partial charge in [0, 0.05) is 30.8 Å². The van der Waals surface area contributed by atoms with Crippen LogP contribution < -0.4 is 10.1 Å². The van der Waals surface area contributed by atoms with Gasteiger partial charge in [-0.1, -0.05) is 0 Å². The highest BCUT2D eigenvalue weighted by Gasteiger charge is 2.39. The molecule has 3 amide bonds. The van der Waals surface area contributed by atoms with Crippen LogP contribution in [0.15, 0.2) is 35.6 Å². The summed E-state index contributed by atoms with van der Waals surface area (Å²) in [6.07, 6.45) is 5.39.